The minimum absolute atomic E-state index is 0.0801. The topological polar surface area (TPSA) is 105 Å². The lowest BCUT2D eigenvalue weighted by atomic mass is 9.99. The Kier molecular flexibility index (Phi) is 6.13. The summed E-state index contributed by atoms with van der Waals surface area (Å²) in [7, 11) is 0. The molecule has 140 valence electrons. The summed E-state index contributed by atoms with van der Waals surface area (Å²) in [6.45, 7) is 7.45. The SMILES string of the molecule is CCC(C)(NC(=O)CCc1nc(-c2ccc(C(C)C)cc2)no1)C(=O)O. The molecule has 1 unspecified atom stereocenters. The normalized spacial score (nSPS) is 13.4. The largest absolute Gasteiger partial charge is 0.480 e. The Morgan fingerprint density at radius 2 is 1.92 bits per heavy atom. The number of carboxylic acids is 1. The van der Waals surface area contributed by atoms with Crippen LogP contribution in [0.2, 0.25) is 0 Å². The molecule has 0 radical (unpaired) electrons. The van der Waals surface area contributed by atoms with E-state index in [4.69, 9.17) is 4.52 Å². The lowest BCUT2D eigenvalue weighted by Crippen LogP contribution is -2.51. The molecule has 2 N–H and O–H groups in total. The molecule has 2 aromatic rings. The van der Waals surface area contributed by atoms with Gasteiger partial charge in [0.15, 0.2) is 0 Å². The van der Waals surface area contributed by atoms with E-state index >= 15 is 0 Å². The second-order valence-electron chi connectivity index (χ2n) is 6.83. The van der Waals surface area contributed by atoms with Crippen molar-refractivity contribution in [2.75, 3.05) is 0 Å². The average molecular weight is 359 g/mol. The lowest BCUT2D eigenvalue weighted by molar-refractivity contribution is -0.147. The van der Waals surface area contributed by atoms with Gasteiger partial charge >= 0.3 is 5.97 Å². The summed E-state index contributed by atoms with van der Waals surface area (Å²) < 4.78 is 5.19. The summed E-state index contributed by atoms with van der Waals surface area (Å²) in [6, 6.07) is 7.94. The molecule has 1 aromatic carbocycles. The number of nitrogens with one attached hydrogen (secondary N) is 1. The highest BCUT2D eigenvalue weighted by Crippen LogP contribution is 2.20. The van der Waals surface area contributed by atoms with Gasteiger partial charge in [-0.05, 0) is 24.8 Å². The van der Waals surface area contributed by atoms with Crippen LogP contribution in [-0.2, 0) is 16.0 Å². The highest BCUT2D eigenvalue weighted by atomic mass is 16.5. The maximum Gasteiger partial charge on any atom is 0.329 e. The first-order chi connectivity index (χ1) is 12.2. The molecule has 0 aliphatic rings. The van der Waals surface area contributed by atoms with Crippen LogP contribution < -0.4 is 5.32 Å². The van der Waals surface area contributed by atoms with E-state index < -0.39 is 11.5 Å². The fraction of sp³-hybridized carbons (Fsp3) is 0.474. The number of aryl methyl sites for hydroxylation is 1. The minimum atomic E-state index is -1.27. The van der Waals surface area contributed by atoms with Crippen molar-refractivity contribution in [2.24, 2.45) is 0 Å². The number of carbonyl (C=O) groups excluding carboxylic acids is 1. The molecule has 1 heterocycles. The van der Waals surface area contributed by atoms with Crippen molar-refractivity contribution in [2.45, 2.75) is 58.4 Å². The number of carbonyl (C=O) groups is 2. The van der Waals surface area contributed by atoms with E-state index in [1.807, 2.05) is 24.3 Å². The molecule has 0 saturated heterocycles. The van der Waals surface area contributed by atoms with Crippen molar-refractivity contribution in [1.29, 1.82) is 0 Å². The van der Waals surface area contributed by atoms with E-state index in [2.05, 4.69) is 29.3 Å². The van der Waals surface area contributed by atoms with Crippen molar-refractivity contribution in [3.63, 3.8) is 0 Å². The molecule has 7 nitrogen and oxygen atoms in total. The van der Waals surface area contributed by atoms with E-state index in [1.54, 1.807) is 6.92 Å². The Balaban J connectivity index is 1.96. The first-order valence-electron chi connectivity index (χ1n) is 8.72. The van der Waals surface area contributed by atoms with E-state index in [1.165, 1.54) is 12.5 Å². The molecule has 26 heavy (non-hydrogen) atoms. The molecular weight excluding hydrogens is 334 g/mol. The summed E-state index contributed by atoms with van der Waals surface area (Å²) in [6.07, 6.45) is 0.629. The predicted molar refractivity (Wildman–Crippen MR) is 96.6 cm³/mol. The van der Waals surface area contributed by atoms with Crippen molar-refractivity contribution < 1.29 is 19.2 Å². The first kappa shape index (κ1) is 19.6. The van der Waals surface area contributed by atoms with Gasteiger partial charge < -0.3 is 14.9 Å². The summed E-state index contributed by atoms with van der Waals surface area (Å²) in [4.78, 5) is 27.5. The number of amides is 1. The van der Waals surface area contributed by atoms with Gasteiger partial charge in [-0.25, -0.2) is 4.79 Å². The molecule has 1 atom stereocenters. The average Bonchev–Trinajstić information content (AvgIpc) is 3.08. The lowest BCUT2D eigenvalue weighted by Gasteiger charge is -2.24. The number of carboxylic acid groups (broad SMARTS) is 1. The van der Waals surface area contributed by atoms with Gasteiger partial charge in [0.05, 0.1) is 0 Å². The zero-order valence-electron chi connectivity index (χ0n) is 15.6. The summed E-state index contributed by atoms with van der Waals surface area (Å²) in [5.41, 5.74) is 0.805. The zero-order valence-corrected chi connectivity index (χ0v) is 15.6. The standard InChI is InChI=1S/C19H25N3O4/c1-5-19(4,18(24)25)21-15(23)10-11-16-20-17(22-26-16)14-8-6-13(7-9-14)12(2)3/h6-9,12H,5,10-11H2,1-4H3,(H,21,23)(H,24,25). The second kappa shape index (κ2) is 8.12. The molecular formula is C19H25N3O4. The van der Waals surface area contributed by atoms with E-state index in [0.29, 0.717) is 24.1 Å². The van der Waals surface area contributed by atoms with Gasteiger partial charge in [-0.1, -0.05) is 50.2 Å². The Morgan fingerprint density at radius 1 is 1.27 bits per heavy atom. The number of hydrogen-bond donors (Lipinski definition) is 2. The predicted octanol–water partition coefficient (Wildman–Crippen LogP) is 3.16. The van der Waals surface area contributed by atoms with Crippen LogP contribution in [0.1, 0.15) is 57.9 Å². The number of benzene rings is 1. The van der Waals surface area contributed by atoms with Gasteiger partial charge in [-0.3, -0.25) is 4.79 Å². The monoisotopic (exact) mass is 359 g/mol. The van der Waals surface area contributed by atoms with Gasteiger partial charge in [-0.2, -0.15) is 4.98 Å². The van der Waals surface area contributed by atoms with Crippen molar-refractivity contribution >= 4 is 11.9 Å². The zero-order chi connectivity index (χ0) is 19.3. The van der Waals surface area contributed by atoms with Crippen LogP contribution in [0.3, 0.4) is 0 Å². The van der Waals surface area contributed by atoms with E-state index in [0.717, 1.165) is 5.56 Å². The van der Waals surface area contributed by atoms with Gasteiger partial charge in [0.25, 0.3) is 0 Å². The second-order valence-corrected chi connectivity index (χ2v) is 6.83. The van der Waals surface area contributed by atoms with Crippen molar-refractivity contribution in [3.8, 4) is 11.4 Å². The number of aliphatic carboxylic acids is 1. The van der Waals surface area contributed by atoms with Gasteiger partial charge in [-0.15, -0.1) is 0 Å². The van der Waals surface area contributed by atoms with Crippen LogP contribution in [0, 0.1) is 0 Å². The molecule has 2 rings (SSSR count). The van der Waals surface area contributed by atoms with Gasteiger partial charge in [0, 0.05) is 18.4 Å². The Labute approximate surface area is 152 Å². The van der Waals surface area contributed by atoms with Crippen molar-refractivity contribution in [3.05, 3.63) is 35.7 Å². The third-order valence-electron chi connectivity index (χ3n) is 4.46. The van der Waals surface area contributed by atoms with E-state index in [9.17, 15) is 14.7 Å². The quantitative estimate of drug-likeness (QED) is 0.750. The Hall–Kier alpha value is -2.70. The van der Waals surface area contributed by atoms with Gasteiger partial charge in [0.1, 0.15) is 5.54 Å². The maximum atomic E-state index is 12.0. The molecule has 0 saturated carbocycles. The summed E-state index contributed by atoms with van der Waals surface area (Å²) >= 11 is 0. The highest BCUT2D eigenvalue weighted by Gasteiger charge is 2.32. The summed E-state index contributed by atoms with van der Waals surface area (Å²) in [5.74, 6) is -0.157. The fourth-order valence-corrected chi connectivity index (χ4v) is 2.37. The molecule has 1 aromatic heterocycles. The minimum Gasteiger partial charge on any atom is -0.480 e. The first-order valence-corrected chi connectivity index (χ1v) is 8.72. The van der Waals surface area contributed by atoms with Crippen LogP contribution in [0.5, 0.6) is 0 Å². The summed E-state index contributed by atoms with van der Waals surface area (Å²) in [5, 5.41) is 15.7. The van der Waals surface area contributed by atoms with Crippen LogP contribution in [0.4, 0.5) is 0 Å². The fourth-order valence-electron chi connectivity index (χ4n) is 2.37. The molecule has 1 amide bonds. The molecule has 0 aliphatic heterocycles. The molecule has 0 aliphatic carbocycles. The molecule has 0 spiro atoms. The number of aromatic nitrogens is 2. The van der Waals surface area contributed by atoms with Crippen LogP contribution in [0.15, 0.2) is 28.8 Å². The Morgan fingerprint density at radius 3 is 2.46 bits per heavy atom. The Bertz CT molecular complexity index is 767. The molecule has 0 fully saturated rings. The number of hydrogen-bond acceptors (Lipinski definition) is 5. The number of nitrogens with zero attached hydrogens (tertiary/aromatic N) is 2. The van der Waals surface area contributed by atoms with Crippen LogP contribution in [-0.4, -0.2) is 32.7 Å². The number of rotatable bonds is 8. The third kappa shape index (κ3) is 4.68. The molecule has 0 bridgehead atoms. The highest BCUT2D eigenvalue weighted by molar-refractivity contribution is 5.86. The smallest absolute Gasteiger partial charge is 0.329 e. The van der Waals surface area contributed by atoms with E-state index in [-0.39, 0.29) is 18.7 Å². The molecule has 7 heteroatoms. The van der Waals surface area contributed by atoms with Crippen LogP contribution >= 0.6 is 0 Å². The van der Waals surface area contributed by atoms with Gasteiger partial charge in [0.2, 0.25) is 17.6 Å². The van der Waals surface area contributed by atoms with Crippen LogP contribution in [0.25, 0.3) is 11.4 Å². The van der Waals surface area contributed by atoms with Crippen molar-refractivity contribution in [1.82, 2.24) is 15.5 Å². The maximum absolute atomic E-state index is 12.0. The third-order valence-corrected chi connectivity index (χ3v) is 4.46.